The smallest absolute Gasteiger partial charge is 0.178 e. The lowest BCUT2D eigenvalue weighted by atomic mass is 10.2. The van der Waals surface area contributed by atoms with Gasteiger partial charge in [0.1, 0.15) is 5.82 Å². The van der Waals surface area contributed by atoms with Crippen molar-refractivity contribution in [3.63, 3.8) is 0 Å². The number of aromatic nitrogens is 4. The number of imidazole rings is 1. The summed E-state index contributed by atoms with van der Waals surface area (Å²) in [6, 6.07) is 2.97. The molecule has 7 heteroatoms. The Kier molecular flexibility index (Phi) is 3.35. The normalized spacial score (nSPS) is 11.3. The van der Waals surface area contributed by atoms with Crippen LogP contribution in [0.1, 0.15) is 5.56 Å². The molecule has 0 aliphatic rings. The second kappa shape index (κ2) is 5.03. The Morgan fingerprint density at radius 3 is 2.95 bits per heavy atom. The first-order chi connectivity index (χ1) is 9.54. The molecule has 0 bridgehead atoms. The Morgan fingerprint density at radius 2 is 2.25 bits per heavy atom. The number of hydrogen-bond acceptors (Lipinski definition) is 2. The molecule has 1 aromatic carbocycles. The highest BCUT2D eigenvalue weighted by Crippen LogP contribution is 2.23. The second-order valence-corrected chi connectivity index (χ2v) is 5.43. The molecule has 0 aliphatic carbocycles. The fraction of sp³-hybridized carbons (Fsp3) is 0.231. The molecule has 1 N–H and O–H groups in total. The van der Waals surface area contributed by atoms with E-state index in [4.69, 9.17) is 23.8 Å². The Balaban J connectivity index is 1.96. The summed E-state index contributed by atoms with van der Waals surface area (Å²) < 4.78 is 17.8. The van der Waals surface area contributed by atoms with Crippen molar-refractivity contribution in [2.45, 2.75) is 13.0 Å². The molecule has 0 unspecified atom stereocenters. The molecule has 3 rings (SSSR count). The predicted octanol–water partition coefficient (Wildman–Crippen LogP) is 3.47. The Morgan fingerprint density at radius 1 is 1.45 bits per heavy atom. The third kappa shape index (κ3) is 2.36. The molecular formula is C13H12ClFN4S. The number of aryl methyl sites for hydroxylation is 3. The van der Waals surface area contributed by atoms with Crippen molar-refractivity contribution in [1.29, 1.82) is 0 Å². The fourth-order valence-electron chi connectivity index (χ4n) is 2.22. The third-order valence-electron chi connectivity index (χ3n) is 3.20. The Labute approximate surface area is 124 Å². The van der Waals surface area contributed by atoms with Crippen LogP contribution in [0.3, 0.4) is 0 Å². The first-order valence-electron chi connectivity index (χ1n) is 6.09. The molecule has 2 aromatic heterocycles. The van der Waals surface area contributed by atoms with Crippen LogP contribution >= 0.6 is 23.8 Å². The van der Waals surface area contributed by atoms with Gasteiger partial charge < -0.3 is 9.55 Å². The zero-order valence-corrected chi connectivity index (χ0v) is 12.3. The van der Waals surface area contributed by atoms with Crippen LogP contribution in [0, 0.1) is 10.6 Å². The number of fused-ring (bicyclic) bond motifs is 1. The van der Waals surface area contributed by atoms with Crippen LogP contribution in [0.15, 0.2) is 24.5 Å². The number of nitrogens with zero attached hydrogens (tertiary/aromatic N) is 3. The molecule has 0 saturated heterocycles. The highest BCUT2D eigenvalue weighted by atomic mass is 35.5. The summed E-state index contributed by atoms with van der Waals surface area (Å²) in [5.41, 5.74) is 2.58. The number of halogens is 2. The summed E-state index contributed by atoms with van der Waals surface area (Å²) in [6.45, 7) is 0.658. The largest absolute Gasteiger partial charge is 0.331 e. The number of aromatic amines is 1. The van der Waals surface area contributed by atoms with Gasteiger partial charge >= 0.3 is 0 Å². The number of nitrogens with one attached hydrogen (secondary N) is 1. The lowest BCUT2D eigenvalue weighted by Gasteiger charge is -2.03. The van der Waals surface area contributed by atoms with Crippen molar-refractivity contribution in [2.75, 3.05) is 0 Å². The number of rotatable bonds is 3. The van der Waals surface area contributed by atoms with Crippen LogP contribution in [0.25, 0.3) is 11.0 Å². The van der Waals surface area contributed by atoms with Crippen LogP contribution in [0.2, 0.25) is 5.02 Å². The standard InChI is InChI=1S/C13H12ClFN4S/c1-18-7-8(6-16-18)2-3-19-12-5-10(15)9(14)4-11(12)17-13(19)20/h4-7H,2-3H2,1H3,(H,17,20). The van der Waals surface area contributed by atoms with Gasteiger partial charge in [-0.1, -0.05) is 11.6 Å². The lowest BCUT2D eigenvalue weighted by molar-refractivity contribution is 0.627. The molecule has 0 amide bonds. The summed E-state index contributed by atoms with van der Waals surface area (Å²) in [5.74, 6) is -0.441. The van der Waals surface area contributed by atoms with Crippen LogP contribution in [-0.2, 0) is 20.0 Å². The maximum absolute atomic E-state index is 13.6. The lowest BCUT2D eigenvalue weighted by Crippen LogP contribution is -2.01. The SMILES string of the molecule is Cn1cc(CCn2c(=S)[nH]c3cc(Cl)c(F)cc32)cn1. The van der Waals surface area contributed by atoms with E-state index in [1.54, 1.807) is 10.7 Å². The quantitative estimate of drug-likeness (QED) is 0.752. The minimum absolute atomic E-state index is 0.0909. The van der Waals surface area contributed by atoms with E-state index in [1.165, 1.54) is 6.07 Å². The van der Waals surface area contributed by atoms with Gasteiger partial charge in [0.2, 0.25) is 0 Å². The predicted molar refractivity (Wildman–Crippen MR) is 79.0 cm³/mol. The zero-order chi connectivity index (χ0) is 14.3. The Bertz CT molecular complexity index is 833. The molecule has 3 aromatic rings. The first kappa shape index (κ1) is 13.3. The van der Waals surface area contributed by atoms with Crippen molar-refractivity contribution in [2.24, 2.45) is 7.05 Å². The van der Waals surface area contributed by atoms with E-state index >= 15 is 0 Å². The van der Waals surface area contributed by atoms with Crippen molar-refractivity contribution >= 4 is 34.9 Å². The van der Waals surface area contributed by atoms with E-state index in [2.05, 4.69) is 10.1 Å². The first-order valence-corrected chi connectivity index (χ1v) is 6.88. The monoisotopic (exact) mass is 310 g/mol. The van der Waals surface area contributed by atoms with Crippen molar-refractivity contribution in [3.05, 3.63) is 45.7 Å². The summed E-state index contributed by atoms with van der Waals surface area (Å²) in [5, 5.41) is 4.21. The van der Waals surface area contributed by atoms with Crippen LogP contribution in [0.4, 0.5) is 4.39 Å². The van der Waals surface area contributed by atoms with Gasteiger partial charge in [0, 0.05) is 25.9 Å². The molecule has 0 spiro atoms. The molecule has 104 valence electrons. The summed E-state index contributed by atoms with van der Waals surface area (Å²) >= 11 is 11.1. The van der Waals surface area contributed by atoms with Crippen LogP contribution in [0.5, 0.6) is 0 Å². The minimum atomic E-state index is -0.441. The molecule has 0 atom stereocenters. The average Bonchev–Trinajstić information content (AvgIpc) is 2.92. The number of H-pyrrole nitrogens is 1. The van der Waals surface area contributed by atoms with E-state index in [1.807, 2.05) is 24.0 Å². The molecule has 4 nitrogen and oxygen atoms in total. The van der Waals surface area contributed by atoms with Gasteiger partial charge in [0.05, 0.1) is 22.3 Å². The van der Waals surface area contributed by atoms with Gasteiger partial charge in [-0.25, -0.2) is 4.39 Å². The van der Waals surface area contributed by atoms with Crippen molar-refractivity contribution < 1.29 is 4.39 Å². The van der Waals surface area contributed by atoms with E-state index < -0.39 is 5.82 Å². The molecule has 0 radical (unpaired) electrons. The van der Waals surface area contributed by atoms with Gasteiger partial charge in [-0.2, -0.15) is 5.10 Å². The minimum Gasteiger partial charge on any atom is -0.331 e. The fourth-order valence-corrected chi connectivity index (χ4v) is 2.68. The van der Waals surface area contributed by atoms with Gasteiger partial charge in [0.25, 0.3) is 0 Å². The molecule has 0 saturated carbocycles. The number of hydrogen-bond donors (Lipinski definition) is 1. The summed E-state index contributed by atoms with van der Waals surface area (Å²) in [4.78, 5) is 3.04. The molecule has 20 heavy (non-hydrogen) atoms. The molecule has 2 heterocycles. The van der Waals surface area contributed by atoms with Gasteiger partial charge in [-0.15, -0.1) is 0 Å². The maximum Gasteiger partial charge on any atom is 0.178 e. The van der Waals surface area contributed by atoms with Crippen molar-refractivity contribution in [1.82, 2.24) is 19.3 Å². The molecule has 0 aliphatic heterocycles. The van der Waals surface area contributed by atoms with Gasteiger partial charge in [-0.05, 0) is 30.3 Å². The van der Waals surface area contributed by atoms with Crippen molar-refractivity contribution in [3.8, 4) is 0 Å². The summed E-state index contributed by atoms with van der Waals surface area (Å²) in [6.07, 6.45) is 4.55. The molecular weight excluding hydrogens is 299 g/mol. The van der Waals surface area contributed by atoms with Crippen LogP contribution in [-0.4, -0.2) is 19.3 Å². The molecule has 0 fully saturated rings. The highest BCUT2D eigenvalue weighted by molar-refractivity contribution is 7.71. The van der Waals surface area contributed by atoms with E-state index in [-0.39, 0.29) is 5.02 Å². The van der Waals surface area contributed by atoms with Crippen LogP contribution < -0.4 is 0 Å². The topological polar surface area (TPSA) is 38.5 Å². The van der Waals surface area contributed by atoms with Gasteiger partial charge in [-0.3, -0.25) is 4.68 Å². The average molecular weight is 311 g/mol. The van der Waals surface area contributed by atoms with E-state index in [0.717, 1.165) is 23.0 Å². The van der Waals surface area contributed by atoms with Gasteiger partial charge in [0.15, 0.2) is 4.77 Å². The third-order valence-corrected chi connectivity index (χ3v) is 3.81. The Hall–Kier alpha value is -1.66. The van der Waals surface area contributed by atoms with E-state index in [0.29, 0.717) is 11.3 Å². The summed E-state index contributed by atoms with van der Waals surface area (Å²) in [7, 11) is 1.87. The highest BCUT2D eigenvalue weighted by Gasteiger charge is 2.09. The van der Waals surface area contributed by atoms with E-state index in [9.17, 15) is 4.39 Å². The number of benzene rings is 1. The maximum atomic E-state index is 13.6. The zero-order valence-electron chi connectivity index (χ0n) is 10.7. The second-order valence-electron chi connectivity index (χ2n) is 4.64.